The molecule has 9 heteroatoms. The molecule has 1 aliphatic rings. The Bertz CT molecular complexity index is 876. The van der Waals surface area contributed by atoms with Crippen LogP contribution >= 0.6 is 24.0 Å². The number of nitrogens with one attached hydrogen (secondary N) is 1. The van der Waals surface area contributed by atoms with Crippen molar-refractivity contribution in [1.82, 2.24) is 14.3 Å². The maximum Gasteiger partial charge on any atom is 0.324 e. The smallest absolute Gasteiger partial charge is 0.324 e. The van der Waals surface area contributed by atoms with E-state index in [4.69, 9.17) is 26.8 Å². The van der Waals surface area contributed by atoms with Crippen LogP contribution in [0.15, 0.2) is 24.3 Å². The first-order valence-corrected chi connectivity index (χ1v) is 10.8. The number of nitrogens with zero attached hydrogens (tertiary/aromatic N) is 3. The van der Waals surface area contributed by atoms with Crippen LogP contribution in [0.5, 0.6) is 5.75 Å². The van der Waals surface area contributed by atoms with Crippen LogP contribution < -0.4 is 9.64 Å². The van der Waals surface area contributed by atoms with Gasteiger partial charge in [-0.15, -0.1) is 16.9 Å². The average molecular weight is 424 g/mol. The molecule has 1 aliphatic heterocycles. The molecule has 2 heterocycles. The van der Waals surface area contributed by atoms with Crippen molar-refractivity contribution in [3.05, 3.63) is 29.0 Å². The fraction of sp³-hybridized carbons (Fsp3) is 0.526. The van der Waals surface area contributed by atoms with Gasteiger partial charge in [0.25, 0.3) is 0 Å². The number of thioether (sulfide) groups is 1. The molecule has 1 unspecified atom stereocenters. The molecule has 0 radical (unpaired) electrons. The second-order valence-electron chi connectivity index (χ2n) is 7.04. The monoisotopic (exact) mass is 423 g/mol. The van der Waals surface area contributed by atoms with Crippen molar-refractivity contribution < 1.29 is 19.2 Å². The van der Waals surface area contributed by atoms with Crippen LogP contribution in [0.3, 0.4) is 0 Å². The summed E-state index contributed by atoms with van der Waals surface area (Å²) < 4.78 is 14.8. The van der Waals surface area contributed by atoms with E-state index in [0.29, 0.717) is 18.0 Å². The number of carbonyl (C=O) groups is 1. The Morgan fingerprint density at radius 2 is 2.07 bits per heavy atom. The highest BCUT2D eigenvalue weighted by Crippen LogP contribution is 2.24. The van der Waals surface area contributed by atoms with E-state index >= 15 is 0 Å². The summed E-state index contributed by atoms with van der Waals surface area (Å²) in [5.74, 6) is 2.41. The highest BCUT2D eigenvalue weighted by atomic mass is 32.2. The van der Waals surface area contributed by atoms with Gasteiger partial charge in [-0.25, -0.2) is 0 Å². The molecule has 0 amide bonds. The largest absolute Gasteiger partial charge is 0.497 e. The number of hydrogen-bond donors (Lipinski definition) is 1. The summed E-state index contributed by atoms with van der Waals surface area (Å²) in [4.78, 5) is 13.2. The van der Waals surface area contributed by atoms with Crippen molar-refractivity contribution in [1.29, 1.82) is 0 Å². The number of quaternary nitrogens is 1. The summed E-state index contributed by atoms with van der Waals surface area (Å²) in [5.41, 5.74) is 0.996. The molecular weight excluding hydrogens is 396 g/mol. The first-order valence-electron chi connectivity index (χ1n) is 9.31. The van der Waals surface area contributed by atoms with Gasteiger partial charge in [-0.05, 0) is 50.3 Å². The van der Waals surface area contributed by atoms with E-state index in [2.05, 4.69) is 18.4 Å². The molecule has 0 saturated carbocycles. The van der Waals surface area contributed by atoms with Gasteiger partial charge < -0.3 is 14.4 Å². The van der Waals surface area contributed by atoms with Gasteiger partial charge in [0.05, 0.1) is 20.8 Å². The molecule has 152 valence electrons. The minimum atomic E-state index is -0.155. The number of ether oxygens (including phenoxy) is 2. The third-order valence-corrected chi connectivity index (χ3v) is 6.43. The molecular formula is C19H27N4O3S2+. The molecule has 1 aromatic carbocycles. The van der Waals surface area contributed by atoms with Gasteiger partial charge in [0.2, 0.25) is 4.77 Å². The predicted molar refractivity (Wildman–Crippen MR) is 112 cm³/mol. The van der Waals surface area contributed by atoms with Crippen molar-refractivity contribution in [2.75, 3.05) is 33.1 Å². The maximum atomic E-state index is 11.9. The normalized spacial score (nSPS) is 19.6. The van der Waals surface area contributed by atoms with Gasteiger partial charge in [0.15, 0.2) is 17.7 Å². The lowest BCUT2D eigenvalue weighted by Gasteiger charge is -2.27. The van der Waals surface area contributed by atoms with Crippen molar-refractivity contribution in [2.45, 2.75) is 31.8 Å². The minimum absolute atomic E-state index is 0.129. The summed E-state index contributed by atoms with van der Waals surface area (Å²) in [6, 6.07) is 8.04. The molecule has 1 saturated heterocycles. The first-order chi connectivity index (χ1) is 13.4. The van der Waals surface area contributed by atoms with Crippen LogP contribution in [-0.2, 0) is 16.2 Å². The van der Waals surface area contributed by atoms with E-state index in [9.17, 15) is 4.79 Å². The van der Waals surface area contributed by atoms with Crippen LogP contribution in [0.25, 0.3) is 11.4 Å². The number of benzene rings is 1. The zero-order valence-corrected chi connectivity index (χ0v) is 18.3. The summed E-state index contributed by atoms with van der Waals surface area (Å²) in [6.45, 7) is 6.52. The fourth-order valence-corrected chi connectivity index (χ4v) is 5.01. The Morgan fingerprint density at radius 3 is 2.68 bits per heavy atom. The molecule has 0 spiro atoms. The summed E-state index contributed by atoms with van der Waals surface area (Å²) in [5, 5.41) is 4.70. The predicted octanol–water partition coefficient (Wildman–Crippen LogP) is 1.80. The second-order valence-corrected chi connectivity index (χ2v) is 8.72. The Balaban J connectivity index is 1.87. The van der Waals surface area contributed by atoms with E-state index in [0.717, 1.165) is 29.4 Å². The van der Waals surface area contributed by atoms with Crippen LogP contribution in [0, 0.1) is 4.77 Å². The highest BCUT2D eigenvalue weighted by molar-refractivity contribution is 8.00. The van der Waals surface area contributed by atoms with Gasteiger partial charge in [-0.2, -0.15) is 4.68 Å². The summed E-state index contributed by atoms with van der Waals surface area (Å²) in [7, 11) is 3.10. The van der Waals surface area contributed by atoms with Gasteiger partial charge in [0.1, 0.15) is 12.3 Å². The lowest BCUT2D eigenvalue weighted by molar-refractivity contribution is -0.921. The fourth-order valence-electron chi connectivity index (χ4n) is 3.33. The van der Waals surface area contributed by atoms with E-state index < -0.39 is 0 Å². The van der Waals surface area contributed by atoms with Crippen molar-refractivity contribution >= 4 is 29.9 Å². The number of rotatable bonds is 6. The third-order valence-electron chi connectivity index (χ3n) is 4.82. The number of aromatic nitrogens is 3. The van der Waals surface area contributed by atoms with E-state index in [-0.39, 0.29) is 17.3 Å². The highest BCUT2D eigenvalue weighted by Gasteiger charge is 2.31. The lowest BCUT2D eigenvalue weighted by atomic mass is 10.2. The van der Waals surface area contributed by atoms with Crippen LogP contribution in [0.4, 0.5) is 0 Å². The zero-order chi connectivity index (χ0) is 20.3. The molecule has 1 fully saturated rings. The SMILES string of the molecule is COC(=O)[C@H]1C[NH+](Cn2nc(-c3ccc(OC)cc3)n(C(C)C)c2=S)CCS1. The average Bonchev–Trinajstić information content (AvgIpc) is 3.04. The molecule has 3 rings (SSSR count). The standard InChI is InChI=1S/C19H26N4O3S2/c1-13(2)23-17(14-5-7-15(25-3)8-6-14)20-22(19(23)27)12-21-9-10-28-16(11-21)18(24)26-4/h5-8,13,16H,9-12H2,1-4H3/p+1/t16-/m1/s1. The Morgan fingerprint density at radius 1 is 1.36 bits per heavy atom. The number of esters is 1. The van der Waals surface area contributed by atoms with Gasteiger partial charge in [-0.1, -0.05) is 0 Å². The Labute approximate surface area is 174 Å². The summed E-state index contributed by atoms with van der Waals surface area (Å²) in [6.07, 6.45) is 0. The van der Waals surface area contributed by atoms with E-state index in [1.54, 1.807) is 18.9 Å². The summed E-state index contributed by atoms with van der Waals surface area (Å²) >= 11 is 7.40. The topological polar surface area (TPSA) is 62.7 Å². The zero-order valence-electron chi connectivity index (χ0n) is 16.7. The molecule has 1 N–H and O–H groups in total. The van der Waals surface area contributed by atoms with Gasteiger partial charge in [-0.3, -0.25) is 9.36 Å². The number of hydrogen-bond acceptors (Lipinski definition) is 6. The third kappa shape index (κ3) is 4.42. The van der Waals surface area contributed by atoms with Crippen molar-refractivity contribution in [3.8, 4) is 17.1 Å². The van der Waals surface area contributed by atoms with Crippen molar-refractivity contribution in [2.24, 2.45) is 0 Å². The molecule has 2 aromatic rings. The molecule has 28 heavy (non-hydrogen) atoms. The maximum absolute atomic E-state index is 11.9. The minimum Gasteiger partial charge on any atom is -0.497 e. The van der Waals surface area contributed by atoms with Gasteiger partial charge in [0, 0.05) is 17.4 Å². The molecule has 0 aliphatic carbocycles. The first kappa shape index (κ1) is 20.9. The quantitative estimate of drug-likeness (QED) is 0.565. The Kier molecular flexibility index (Phi) is 6.79. The Hall–Kier alpha value is -1.84. The van der Waals surface area contributed by atoms with E-state index in [1.165, 1.54) is 12.0 Å². The second kappa shape index (κ2) is 9.11. The number of methoxy groups -OCH3 is 2. The molecule has 0 bridgehead atoms. The van der Waals surface area contributed by atoms with Crippen LogP contribution in [0.1, 0.15) is 19.9 Å². The van der Waals surface area contributed by atoms with Crippen LogP contribution in [0.2, 0.25) is 0 Å². The lowest BCUT2D eigenvalue weighted by Crippen LogP contribution is -3.14. The van der Waals surface area contributed by atoms with Crippen LogP contribution in [-0.4, -0.2) is 58.6 Å². The molecule has 2 atom stereocenters. The van der Waals surface area contributed by atoms with Gasteiger partial charge >= 0.3 is 5.97 Å². The molecule has 7 nitrogen and oxygen atoms in total. The number of carbonyl (C=O) groups excluding carboxylic acids is 1. The van der Waals surface area contributed by atoms with E-state index in [1.807, 2.05) is 28.9 Å². The molecule has 1 aromatic heterocycles. The van der Waals surface area contributed by atoms with Crippen molar-refractivity contribution in [3.63, 3.8) is 0 Å².